The Labute approximate surface area is 167 Å². The van der Waals surface area contributed by atoms with E-state index in [0.29, 0.717) is 19.6 Å². The molecule has 1 fully saturated rings. The van der Waals surface area contributed by atoms with E-state index >= 15 is 0 Å². The van der Waals surface area contributed by atoms with Gasteiger partial charge >= 0.3 is 6.03 Å². The van der Waals surface area contributed by atoms with Crippen molar-refractivity contribution in [2.24, 2.45) is 5.41 Å². The van der Waals surface area contributed by atoms with Crippen LogP contribution in [0, 0.1) is 19.3 Å². The summed E-state index contributed by atoms with van der Waals surface area (Å²) < 4.78 is 0. The van der Waals surface area contributed by atoms with E-state index in [4.69, 9.17) is 0 Å². The minimum Gasteiger partial charge on any atom is -0.351 e. The molecule has 1 heterocycles. The van der Waals surface area contributed by atoms with Crippen LogP contribution in [0.3, 0.4) is 0 Å². The van der Waals surface area contributed by atoms with Gasteiger partial charge in [-0.25, -0.2) is 4.79 Å². The van der Waals surface area contributed by atoms with Crippen LogP contribution >= 0.6 is 0 Å². The lowest BCUT2D eigenvalue weighted by molar-refractivity contribution is -0.132. The van der Waals surface area contributed by atoms with Crippen molar-refractivity contribution < 1.29 is 9.59 Å². The van der Waals surface area contributed by atoms with Gasteiger partial charge in [0.1, 0.15) is 0 Å². The summed E-state index contributed by atoms with van der Waals surface area (Å²) >= 11 is 0. The smallest absolute Gasteiger partial charge is 0.321 e. The highest BCUT2D eigenvalue weighted by Gasteiger charge is 2.39. The number of aryl methyl sites for hydroxylation is 2. The number of carbonyl (C=O) groups excluding carboxylic acids is 2. The highest BCUT2D eigenvalue weighted by Crippen LogP contribution is 2.30. The quantitative estimate of drug-likeness (QED) is 0.834. The first-order chi connectivity index (χ1) is 13.4. The van der Waals surface area contributed by atoms with Crippen LogP contribution in [0.25, 0.3) is 0 Å². The van der Waals surface area contributed by atoms with E-state index in [9.17, 15) is 9.59 Å². The molecule has 0 saturated carbocycles. The summed E-state index contributed by atoms with van der Waals surface area (Å²) in [5, 5.41) is 6.00. The van der Waals surface area contributed by atoms with Crippen LogP contribution < -0.4 is 10.6 Å². The highest BCUT2D eigenvalue weighted by atomic mass is 16.2. The number of benzene rings is 2. The van der Waals surface area contributed by atoms with Gasteiger partial charge in [-0.1, -0.05) is 42.0 Å². The van der Waals surface area contributed by atoms with E-state index in [0.717, 1.165) is 29.7 Å². The number of hydrogen-bond acceptors (Lipinski definition) is 2. The molecule has 0 radical (unpaired) electrons. The molecule has 5 nitrogen and oxygen atoms in total. The van der Waals surface area contributed by atoms with Gasteiger partial charge in [0.15, 0.2) is 0 Å². The highest BCUT2D eigenvalue weighted by molar-refractivity contribution is 5.90. The first-order valence-electron chi connectivity index (χ1n) is 9.82. The Morgan fingerprint density at radius 1 is 1.07 bits per heavy atom. The molecule has 0 bridgehead atoms. The number of hydrogen-bond donors (Lipinski definition) is 2. The molecule has 2 aromatic carbocycles. The molecular formula is C23H29N3O2. The zero-order valence-corrected chi connectivity index (χ0v) is 16.9. The van der Waals surface area contributed by atoms with Crippen LogP contribution in [0.2, 0.25) is 0 Å². The Bertz CT molecular complexity index is 847. The minimum absolute atomic E-state index is 0.00105. The predicted octanol–water partition coefficient (Wildman–Crippen LogP) is 4.25. The van der Waals surface area contributed by atoms with Crippen molar-refractivity contribution in [2.75, 3.05) is 18.4 Å². The number of rotatable bonds is 4. The maximum Gasteiger partial charge on any atom is 0.321 e. The molecule has 3 amide bonds. The lowest BCUT2D eigenvalue weighted by Gasteiger charge is -2.39. The van der Waals surface area contributed by atoms with Crippen molar-refractivity contribution in [2.45, 2.75) is 40.2 Å². The number of nitrogens with one attached hydrogen (secondary N) is 2. The van der Waals surface area contributed by atoms with Gasteiger partial charge < -0.3 is 15.5 Å². The van der Waals surface area contributed by atoms with Crippen LogP contribution in [-0.4, -0.2) is 29.9 Å². The molecule has 1 aliphatic rings. The van der Waals surface area contributed by atoms with E-state index in [2.05, 4.69) is 10.6 Å². The van der Waals surface area contributed by atoms with Crippen LogP contribution in [0.5, 0.6) is 0 Å². The first-order valence-corrected chi connectivity index (χ1v) is 9.82. The normalized spacial score (nSPS) is 19.2. The lowest BCUT2D eigenvalue weighted by Crippen LogP contribution is -2.52. The van der Waals surface area contributed by atoms with Crippen molar-refractivity contribution in [3.63, 3.8) is 0 Å². The number of amides is 3. The van der Waals surface area contributed by atoms with Gasteiger partial charge in [-0.15, -0.1) is 0 Å². The fraction of sp³-hybridized carbons (Fsp3) is 0.391. The first kappa shape index (κ1) is 19.9. The van der Waals surface area contributed by atoms with Gasteiger partial charge in [0, 0.05) is 25.3 Å². The van der Waals surface area contributed by atoms with Crippen LogP contribution in [0.1, 0.15) is 36.5 Å². The molecule has 3 rings (SSSR count). The number of anilines is 1. The molecule has 0 spiro atoms. The number of nitrogens with zero attached hydrogens (tertiary/aromatic N) is 1. The number of urea groups is 1. The van der Waals surface area contributed by atoms with E-state index in [1.807, 2.05) is 69.3 Å². The summed E-state index contributed by atoms with van der Waals surface area (Å²) in [6, 6.07) is 15.7. The van der Waals surface area contributed by atoms with Gasteiger partial charge in [-0.3, -0.25) is 4.79 Å². The summed E-state index contributed by atoms with van der Waals surface area (Å²) in [5.41, 5.74) is 3.57. The monoisotopic (exact) mass is 379 g/mol. The SMILES string of the molecule is Cc1ccc(CNC(=O)[C@]2(C)CCCN(C(=O)Nc3cccc(C)c3)C2)cc1. The van der Waals surface area contributed by atoms with Gasteiger partial charge in [0.25, 0.3) is 0 Å². The van der Waals surface area contributed by atoms with Crippen molar-refractivity contribution in [3.05, 3.63) is 65.2 Å². The van der Waals surface area contributed by atoms with Gasteiger partial charge in [-0.2, -0.15) is 0 Å². The van der Waals surface area contributed by atoms with E-state index < -0.39 is 5.41 Å². The standard InChI is InChI=1S/C23H29N3O2/c1-17-8-10-19(11-9-17)15-24-21(27)23(3)12-5-13-26(16-23)22(28)25-20-7-4-6-18(2)14-20/h4,6-11,14H,5,12-13,15-16H2,1-3H3,(H,24,27)(H,25,28)/t23-/m1/s1. The molecule has 0 aromatic heterocycles. The second kappa shape index (κ2) is 8.46. The van der Waals surface area contributed by atoms with Crippen LogP contribution in [0.15, 0.2) is 48.5 Å². The Hall–Kier alpha value is -2.82. The summed E-state index contributed by atoms with van der Waals surface area (Å²) in [6.07, 6.45) is 1.59. The van der Waals surface area contributed by atoms with Gasteiger partial charge in [0.2, 0.25) is 5.91 Å². The number of carbonyl (C=O) groups is 2. The Balaban J connectivity index is 1.59. The van der Waals surface area contributed by atoms with Gasteiger partial charge in [-0.05, 0) is 56.9 Å². The van der Waals surface area contributed by atoms with Crippen molar-refractivity contribution >= 4 is 17.6 Å². The minimum atomic E-state index is -0.576. The summed E-state index contributed by atoms with van der Waals surface area (Å²) in [5.74, 6) is 0.00105. The molecule has 1 atom stereocenters. The molecule has 0 aliphatic carbocycles. The summed E-state index contributed by atoms with van der Waals surface area (Å²) in [7, 11) is 0. The van der Waals surface area contributed by atoms with Crippen molar-refractivity contribution in [1.82, 2.24) is 10.2 Å². The lowest BCUT2D eigenvalue weighted by atomic mass is 9.81. The zero-order chi connectivity index (χ0) is 20.1. The Kier molecular flexibility index (Phi) is 6.02. The number of piperidine rings is 1. The van der Waals surface area contributed by atoms with Crippen molar-refractivity contribution in [3.8, 4) is 0 Å². The van der Waals surface area contributed by atoms with Crippen LogP contribution in [-0.2, 0) is 11.3 Å². The molecule has 2 aromatic rings. The third-order valence-electron chi connectivity index (χ3n) is 5.37. The molecule has 28 heavy (non-hydrogen) atoms. The fourth-order valence-electron chi connectivity index (χ4n) is 3.63. The second-order valence-corrected chi connectivity index (χ2v) is 8.05. The average molecular weight is 380 g/mol. The third kappa shape index (κ3) is 4.91. The van der Waals surface area contributed by atoms with E-state index in [1.165, 1.54) is 5.56 Å². The maximum atomic E-state index is 12.9. The molecule has 1 saturated heterocycles. The Morgan fingerprint density at radius 2 is 1.82 bits per heavy atom. The molecule has 2 N–H and O–H groups in total. The van der Waals surface area contributed by atoms with Crippen LogP contribution in [0.4, 0.5) is 10.5 Å². The predicted molar refractivity (Wildman–Crippen MR) is 112 cm³/mol. The molecule has 148 valence electrons. The Morgan fingerprint density at radius 3 is 2.54 bits per heavy atom. The van der Waals surface area contributed by atoms with Gasteiger partial charge in [0.05, 0.1) is 5.41 Å². The second-order valence-electron chi connectivity index (χ2n) is 8.05. The molecule has 5 heteroatoms. The average Bonchev–Trinajstić information content (AvgIpc) is 2.67. The summed E-state index contributed by atoms with van der Waals surface area (Å²) in [4.78, 5) is 27.3. The van der Waals surface area contributed by atoms with E-state index in [1.54, 1.807) is 4.90 Å². The summed E-state index contributed by atoms with van der Waals surface area (Å²) in [6.45, 7) is 7.57. The molecule has 1 aliphatic heterocycles. The number of likely N-dealkylation sites (tertiary alicyclic amines) is 1. The largest absolute Gasteiger partial charge is 0.351 e. The fourth-order valence-corrected chi connectivity index (χ4v) is 3.63. The van der Waals surface area contributed by atoms with Crippen molar-refractivity contribution in [1.29, 1.82) is 0 Å². The molecular weight excluding hydrogens is 350 g/mol. The zero-order valence-electron chi connectivity index (χ0n) is 16.9. The maximum absolute atomic E-state index is 12.9. The topological polar surface area (TPSA) is 61.4 Å². The van der Waals surface area contributed by atoms with E-state index in [-0.39, 0.29) is 11.9 Å². The molecule has 0 unspecified atom stereocenters. The third-order valence-corrected chi connectivity index (χ3v) is 5.37.